The number of nitrogens with one attached hydrogen (secondary N) is 1. The molecule has 9 heteroatoms. The highest BCUT2D eigenvalue weighted by atomic mass is 19.1. The van der Waals surface area contributed by atoms with Crippen LogP contribution in [0.15, 0.2) is 12.1 Å². The zero-order valence-electron chi connectivity index (χ0n) is 16.2. The van der Waals surface area contributed by atoms with Gasteiger partial charge in [0.15, 0.2) is 0 Å². The van der Waals surface area contributed by atoms with E-state index in [1.54, 1.807) is 6.07 Å². The largest absolute Gasteiger partial charge is 0.489 e. The number of rotatable bonds is 4. The first-order valence-corrected chi connectivity index (χ1v) is 10.4. The van der Waals surface area contributed by atoms with Crippen LogP contribution in [0.3, 0.4) is 0 Å². The number of anilines is 2. The van der Waals surface area contributed by atoms with E-state index in [4.69, 9.17) is 9.47 Å². The first-order chi connectivity index (χ1) is 14.1. The van der Waals surface area contributed by atoms with Gasteiger partial charge >= 0.3 is 6.09 Å². The lowest BCUT2D eigenvalue weighted by molar-refractivity contribution is -0.127. The van der Waals surface area contributed by atoms with E-state index in [1.807, 2.05) is 4.90 Å². The number of cyclic esters (lactones) is 1. The number of carbonyl (C=O) groups is 2. The molecule has 1 aliphatic carbocycles. The van der Waals surface area contributed by atoms with Gasteiger partial charge in [-0.05, 0) is 12.8 Å². The molecule has 2 saturated heterocycles. The summed E-state index contributed by atoms with van der Waals surface area (Å²) in [4.78, 5) is 28.1. The second kappa shape index (κ2) is 7.42. The molecule has 153 valence electrons. The van der Waals surface area contributed by atoms with Crippen LogP contribution in [0.4, 0.5) is 20.6 Å². The normalized spacial score (nSPS) is 25.9. The van der Waals surface area contributed by atoms with E-state index in [9.17, 15) is 14.0 Å². The molecule has 0 unspecified atom stereocenters. The topological polar surface area (TPSA) is 71.1 Å². The molecule has 0 bridgehead atoms. The van der Waals surface area contributed by atoms with E-state index >= 15 is 0 Å². The molecule has 7 nitrogen and oxygen atoms in total. The third-order valence-electron chi connectivity index (χ3n) is 6.41. The van der Waals surface area contributed by atoms with Crippen molar-refractivity contribution in [1.82, 2.24) is 5.32 Å². The zero-order valence-corrected chi connectivity index (χ0v) is 16.2. The number of carbonyl (C=O) groups excluding carboxylic acids is 2. The molecule has 5 rings (SSSR count). The van der Waals surface area contributed by atoms with Crippen molar-refractivity contribution >= 4 is 30.7 Å². The maximum atomic E-state index is 14.9. The molecule has 3 fully saturated rings. The van der Waals surface area contributed by atoms with Crippen molar-refractivity contribution in [3.63, 3.8) is 0 Å². The summed E-state index contributed by atoms with van der Waals surface area (Å²) in [6, 6.07) is 2.67. The average Bonchev–Trinajstić information content (AvgIpc) is 3.01. The van der Waals surface area contributed by atoms with Crippen LogP contribution < -0.4 is 19.9 Å². The summed E-state index contributed by atoms with van der Waals surface area (Å²) in [7, 11) is 2.21. The van der Waals surface area contributed by atoms with Gasteiger partial charge < -0.3 is 19.7 Å². The van der Waals surface area contributed by atoms with Crippen LogP contribution in [-0.4, -0.2) is 57.7 Å². The number of ether oxygens (including phenoxy) is 2. The van der Waals surface area contributed by atoms with E-state index in [0.29, 0.717) is 17.1 Å². The van der Waals surface area contributed by atoms with Crippen molar-refractivity contribution in [2.24, 2.45) is 5.92 Å². The molecular weight excluding hydrogens is 376 g/mol. The standard InChI is InChI=1S/C20H24BFN3O4/c22-13-8-15-17(9-14(13)24-6-4-21-5-7-24)28-11-16-18(29-20(27)25(15)16)10-23-19(26)12-2-1-3-12/h8-9,12,16,18H,1-7,10-11H2,(H,23,26)/t16-,18-/m0/s1. The summed E-state index contributed by atoms with van der Waals surface area (Å²) in [5.74, 6) is 0.205. The summed E-state index contributed by atoms with van der Waals surface area (Å²) in [5.41, 5.74) is 0.899. The predicted molar refractivity (Wildman–Crippen MR) is 106 cm³/mol. The number of hydrogen-bond acceptors (Lipinski definition) is 5. The molecule has 3 heterocycles. The first-order valence-electron chi connectivity index (χ1n) is 10.4. The van der Waals surface area contributed by atoms with Gasteiger partial charge in [0.1, 0.15) is 37.6 Å². The maximum Gasteiger partial charge on any atom is 0.415 e. The molecule has 1 aromatic rings. The van der Waals surface area contributed by atoms with Crippen LogP contribution in [0.1, 0.15) is 19.3 Å². The fraction of sp³-hybridized carbons (Fsp3) is 0.600. The van der Waals surface area contributed by atoms with E-state index < -0.39 is 12.2 Å². The Morgan fingerprint density at radius 2 is 2.03 bits per heavy atom. The third-order valence-corrected chi connectivity index (χ3v) is 6.41. The van der Waals surface area contributed by atoms with Gasteiger partial charge in [-0.3, -0.25) is 9.69 Å². The van der Waals surface area contributed by atoms with Gasteiger partial charge in [0, 0.05) is 31.1 Å². The zero-order chi connectivity index (χ0) is 20.0. The highest BCUT2D eigenvalue weighted by Crippen LogP contribution is 2.42. The predicted octanol–water partition coefficient (Wildman–Crippen LogP) is 2.19. The summed E-state index contributed by atoms with van der Waals surface area (Å²) in [6.07, 6.45) is 3.72. The highest BCUT2D eigenvalue weighted by molar-refractivity contribution is 6.36. The number of fused-ring (bicyclic) bond motifs is 3. The minimum atomic E-state index is -0.526. The van der Waals surface area contributed by atoms with E-state index in [1.165, 1.54) is 11.0 Å². The van der Waals surface area contributed by atoms with Crippen LogP contribution in [-0.2, 0) is 9.53 Å². The quantitative estimate of drug-likeness (QED) is 0.785. The van der Waals surface area contributed by atoms with Gasteiger partial charge in [0.25, 0.3) is 0 Å². The Hall–Kier alpha value is -2.45. The van der Waals surface area contributed by atoms with Gasteiger partial charge in [-0.15, -0.1) is 0 Å². The minimum absolute atomic E-state index is 0.0114. The van der Waals surface area contributed by atoms with Crippen molar-refractivity contribution in [2.45, 2.75) is 44.0 Å². The van der Waals surface area contributed by atoms with Crippen LogP contribution in [0, 0.1) is 11.7 Å². The van der Waals surface area contributed by atoms with Crippen LogP contribution in [0.25, 0.3) is 0 Å². The van der Waals surface area contributed by atoms with Gasteiger partial charge in [-0.1, -0.05) is 19.1 Å². The molecule has 2 atom stereocenters. The van der Waals surface area contributed by atoms with E-state index in [2.05, 4.69) is 12.6 Å². The lowest BCUT2D eigenvalue weighted by Crippen LogP contribution is -2.48. The molecule has 4 aliphatic rings. The Kier molecular flexibility index (Phi) is 4.76. The molecule has 0 spiro atoms. The molecule has 2 amide bonds. The first kappa shape index (κ1) is 18.6. The number of amides is 2. The van der Waals surface area contributed by atoms with Crippen molar-refractivity contribution in [2.75, 3.05) is 36.0 Å². The Labute approximate surface area is 169 Å². The summed E-state index contributed by atoms with van der Waals surface area (Å²) in [6.45, 7) is 2.03. The van der Waals surface area contributed by atoms with Gasteiger partial charge in [0.05, 0.1) is 17.9 Å². The number of hydrogen-bond donors (Lipinski definition) is 1. The molecule has 29 heavy (non-hydrogen) atoms. The van der Waals surface area contributed by atoms with E-state index in [0.717, 1.165) is 45.0 Å². The van der Waals surface area contributed by atoms with E-state index in [-0.39, 0.29) is 36.8 Å². The fourth-order valence-electron chi connectivity index (χ4n) is 4.46. The minimum Gasteiger partial charge on any atom is -0.489 e. The molecule has 1 radical (unpaired) electrons. The number of nitrogens with zero attached hydrogens (tertiary/aromatic N) is 2. The SMILES string of the molecule is O=C(NC[C@@H]1OC(=O)N2c3cc(F)c(N4CC[B]CC4)cc3OC[C@@H]12)C1CCC1. The molecule has 0 aromatic heterocycles. The van der Waals surface area contributed by atoms with Gasteiger partial charge in [-0.2, -0.15) is 0 Å². The van der Waals surface area contributed by atoms with Gasteiger partial charge in [-0.25, -0.2) is 9.18 Å². The summed E-state index contributed by atoms with van der Waals surface area (Å²) < 4.78 is 26.3. The lowest BCUT2D eigenvalue weighted by Gasteiger charge is -2.34. The number of halogens is 1. The average molecular weight is 400 g/mol. The van der Waals surface area contributed by atoms with Crippen LogP contribution >= 0.6 is 0 Å². The Morgan fingerprint density at radius 3 is 2.76 bits per heavy atom. The Balaban J connectivity index is 1.33. The third kappa shape index (κ3) is 3.30. The highest BCUT2D eigenvalue weighted by Gasteiger charge is 2.47. The maximum absolute atomic E-state index is 14.9. The van der Waals surface area contributed by atoms with Gasteiger partial charge in [0.2, 0.25) is 5.91 Å². The second-order valence-corrected chi connectivity index (χ2v) is 8.17. The molecule has 3 aliphatic heterocycles. The molecule has 1 saturated carbocycles. The lowest BCUT2D eigenvalue weighted by atomic mass is 9.68. The molecule has 1 N–H and O–H groups in total. The summed E-state index contributed by atoms with van der Waals surface area (Å²) in [5, 5.41) is 2.89. The van der Waals surface area contributed by atoms with Crippen molar-refractivity contribution < 1.29 is 23.5 Å². The molecule has 1 aromatic carbocycles. The summed E-state index contributed by atoms with van der Waals surface area (Å²) >= 11 is 0. The van der Waals surface area contributed by atoms with Crippen molar-refractivity contribution in [3.05, 3.63) is 17.9 Å². The van der Waals surface area contributed by atoms with Crippen LogP contribution in [0.2, 0.25) is 12.6 Å². The second-order valence-electron chi connectivity index (χ2n) is 8.17. The monoisotopic (exact) mass is 400 g/mol. The van der Waals surface area contributed by atoms with Crippen LogP contribution in [0.5, 0.6) is 5.75 Å². The number of benzene rings is 1. The van der Waals surface area contributed by atoms with Crippen molar-refractivity contribution in [3.8, 4) is 5.75 Å². The fourth-order valence-corrected chi connectivity index (χ4v) is 4.46. The van der Waals surface area contributed by atoms with Crippen molar-refractivity contribution in [1.29, 1.82) is 0 Å². The Bertz CT molecular complexity index is 828. The Morgan fingerprint density at radius 1 is 1.24 bits per heavy atom. The smallest absolute Gasteiger partial charge is 0.415 e. The molecular formula is C20H24BFN3O4.